The Kier molecular flexibility index (Phi) is 6.33. The Morgan fingerprint density at radius 1 is 1.23 bits per heavy atom. The molecule has 2 atom stereocenters. The smallest absolute Gasteiger partial charge is 0.308 e. The van der Waals surface area contributed by atoms with Gasteiger partial charge in [0.25, 0.3) is 0 Å². The summed E-state index contributed by atoms with van der Waals surface area (Å²) in [6.07, 6.45) is 2.65. The summed E-state index contributed by atoms with van der Waals surface area (Å²) in [5.41, 5.74) is 0.927. The quantitative estimate of drug-likeness (QED) is 0.735. The van der Waals surface area contributed by atoms with Gasteiger partial charge in [-0.15, -0.1) is 0 Å². The van der Waals surface area contributed by atoms with Gasteiger partial charge in [-0.25, -0.2) is 0 Å². The minimum atomic E-state index is -0.416. The molecule has 0 bridgehead atoms. The molecule has 3 nitrogen and oxygen atoms in total. The predicted octanol–water partition coefficient (Wildman–Crippen LogP) is 4.20. The van der Waals surface area contributed by atoms with Crippen LogP contribution in [-0.2, 0) is 20.0 Å². The maximum atomic E-state index is 11.8. The molecule has 1 aromatic rings. The van der Waals surface area contributed by atoms with Crippen LogP contribution in [0.5, 0.6) is 0 Å². The summed E-state index contributed by atoms with van der Waals surface area (Å²) in [5.74, 6) is 1.84. The lowest BCUT2D eigenvalue weighted by atomic mass is 10.1. The van der Waals surface area contributed by atoms with Gasteiger partial charge < -0.3 is 9.47 Å². The van der Waals surface area contributed by atoms with Gasteiger partial charge in [0.1, 0.15) is 5.60 Å². The number of benzene rings is 1. The molecule has 0 radical (unpaired) electrons. The van der Waals surface area contributed by atoms with Crippen molar-refractivity contribution in [1.29, 1.82) is 0 Å². The first kappa shape index (κ1) is 17.4. The van der Waals surface area contributed by atoms with Crippen molar-refractivity contribution in [2.24, 2.45) is 0 Å². The topological polar surface area (TPSA) is 35.5 Å². The number of carbonyl (C=O) groups excluding carboxylic acids is 1. The van der Waals surface area contributed by atoms with E-state index in [-0.39, 0.29) is 18.2 Å². The highest BCUT2D eigenvalue weighted by atomic mass is 32.2. The van der Waals surface area contributed by atoms with Crippen LogP contribution in [-0.4, -0.2) is 29.5 Å². The fourth-order valence-electron chi connectivity index (χ4n) is 2.50. The van der Waals surface area contributed by atoms with E-state index in [9.17, 15) is 4.79 Å². The Morgan fingerprint density at radius 3 is 2.59 bits per heavy atom. The summed E-state index contributed by atoms with van der Waals surface area (Å²) in [6.45, 7) is 5.68. The Bertz CT molecular complexity index is 467. The fraction of sp³-hybridized carbons (Fsp3) is 0.611. The van der Waals surface area contributed by atoms with E-state index in [4.69, 9.17) is 9.47 Å². The maximum Gasteiger partial charge on any atom is 0.308 e. The molecule has 0 unspecified atom stereocenters. The second kappa shape index (κ2) is 8.02. The van der Waals surface area contributed by atoms with Crippen LogP contribution in [0.3, 0.4) is 0 Å². The molecule has 2 rings (SSSR count). The van der Waals surface area contributed by atoms with E-state index < -0.39 is 5.60 Å². The molecule has 0 N–H and O–H groups in total. The summed E-state index contributed by atoms with van der Waals surface area (Å²) in [4.78, 5) is 11.8. The molecule has 22 heavy (non-hydrogen) atoms. The fourth-order valence-corrected chi connectivity index (χ4v) is 3.56. The third-order valence-corrected chi connectivity index (χ3v) is 4.57. The van der Waals surface area contributed by atoms with Gasteiger partial charge in [0.15, 0.2) is 0 Å². The van der Waals surface area contributed by atoms with E-state index in [1.807, 2.05) is 38.6 Å². The first-order valence-electron chi connectivity index (χ1n) is 7.91. The minimum absolute atomic E-state index is 0.0252. The zero-order valence-electron chi connectivity index (χ0n) is 13.7. The van der Waals surface area contributed by atoms with Gasteiger partial charge in [-0.1, -0.05) is 30.3 Å². The summed E-state index contributed by atoms with van der Waals surface area (Å²) in [6, 6.07) is 10.5. The van der Waals surface area contributed by atoms with Crippen LogP contribution < -0.4 is 0 Å². The monoisotopic (exact) mass is 322 g/mol. The van der Waals surface area contributed by atoms with Crippen molar-refractivity contribution in [1.82, 2.24) is 0 Å². The average molecular weight is 322 g/mol. The van der Waals surface area contributed by atoms with Crippen molar-refractivity contribution in [3.63, 3.8) is 0 Å². The lowest BCUT2D eigenvalue weighted by Gasteiger charge is -2.21. The van der Waals surface area contributed by atoms with E-state index in [0.29, 0.717) is 6.42 Å². The molecule has 1 aliphatic rings. The van der Waals surface area contributed by atoms with Gasteiger partial charge in [0.2, 0.25) is 0 Å². The SMILES string of the molecule is CC(C)(C)OC(=O)C[C@H]1CC[C@@H](CSCc2ccccc2)O1. The lowest BCUT2D eigenvalue weighted by Crippen LogP contribution is -2.26. The highest BCUT2D eigenvalue weighted by Crippen LogP contribution is 2.26. The van der Waals surface area contributed by atoms with E-state index in [1.54, 1.807) is 0 Å². The van der Waals surface area contributed by atoms with Crippen molar-refractivity contribution >= 4 is 17.7 Å². The number of thioether (sulfide) groups is 1. The molecule has 122 valence electrons. The molecule has 1 aliphatic heterocycles. The number of hydrogen-bond acceptors (Lipinski definition) is 4. The normalized spacial score (nSPS) is 21.8. The van der Waals surface area contributed by atoms with Gasteiger partial charge in [-0.3, -0.25) is 4.79 Å². The van der Waals surface area contributed by atoms with E-state index in [0.717, 1.165) is 24.3 Å². The maximum absolute atomic E-state index is 11.8. The van der Waals surface area contributed by atoms with Crippen LogP contribution >= 0.6 is 11.8 Å². The van der Waals surface area contributed by atoms with E-state index in [1.165, 1.54) is 5.56 Å². The highest BCUT2D eigenvalue weighted by molar-refractivity contribution is 7.98. The molecule has 0 aliphatic carbocycles. The van der Waals surface area contributed by atoms with Crippen molar-refractivity contribution in [3.8, 4) is 0 Å². The zero-order valence-corrected chi connectivity index (χ0v) is 14.5. The van der Waals surface area contributed by atoms with Crippen LogP contribution in [0.4, 0.5) is 0 Å². The molecule has 4 heteroatoms. The third kappa shape index (κ3) is 6.41. The van der Waals surface area contributed by atoms with Crippen molar-refractivity contribution in [2.45, 2.75) is 63.6 Å². The molecular formula is C18H26O3S. The minimum Gasteiger partial charge on any atom is -0.460 e. The summed E-state index contributed by atoms with van der Waals surface area (Å²) < 4.78 is 11.3. The molecule has 0 aromatic heterocycles. The standard InChI is InChI=1S/C18H26O3S/c1-18(2,3)21-17(19)11-15-9-10-16(20-15)13-22-12-14-7-5-4-6-8-14/h4-8,15-16H,9-13H2,1-3H3/t15-,16+/m1/s1. The number of rotatable bonds is 6. The van der Waals surface area contributed by atoms with Crippen molar-refractivity contribution < 1.29 is 14.3 Å². The van der Waals surface area contributed by atoms with Gasteiger partial charge in [0, 0.05) is 11.5 Å². The molecule has 1 fully saturated rings. The van der Waals surface area contributed by atoms with Crippen LogP contribution in [0, 0.1) is 0 Å². The van der Waals surface area contributed by atoms with E-state index >= 15 is 0 Å². The van der Waals surface area contributed by atoms with E-state index in [2.05, 4.69) is 24.3 Å². The van der Waals surface area contributed by atoms with Crippen molar-refractivity contribution in [2.75, 3.05) is 5.75 Å². The number of hydrogen-bond donors (Lipinski definition) is 0. The zero-order chi connectivity index (χ0) is 16.0. The highest BCUT2D eigenvalue weighted by Gasteiger charge is 2.28. The Balaban J connectivity index is 1.64. The summed E-state index contributed by atoms with van der Waals surface area (Å²) in [7, 11) is 0. The molecule has 0 spiro atoms. The second-order valence-corrected chi connectivity index (χ2v) is 7.78. The number of esters is 1. The first-order chi connectivity index (χ1) is 10.4. The predicted molar refractivity (Wildman–Crippen MR) is 91.0 cm³/mol. The molecular weight excluding hydrogens is 296 g/mol. The van der Waals surface area contributed by atoms with Crippen molar-refractivity contribution in [3.05, 3.63) is 35.9 Å². The third-order valence-electron chi connectivity index (χ3n) is 3.43. The molecule has 1 heterocycles. The first-order valence-corrected chi connectivity index (χ1v) is 9.07. The lowest BCUT2D eigenvalue weighted by molar-refractivity contribution is -0.157. The molecule has 1 aromatic carbocycles. The van der Waals surface area contributed by atoms with Crippen LogP contribution in [0.25, 0.3) is 0 Å². The average Bonchev–Trinajstić information content (AvgIpc) is 2.85. The number of ether oxygens (including phenoxy) is 2. The largest absolute Gasteiger partial charge is 0.460 e. The Labute approximate surface area is 137 Å². The summed E-state index contributed by atoms with van der Waals surface area (Å²) >= 11 is 1.89. The van der Waals surface area contributed by atoms with Gasteiger partial charge in [-0.05, 0) is 39.2 Å². The Morgan fingerprint density at radius 2 is 1.91 bits per heavy atom. The van der Waals surface area contributed by atoms with Crippen LogP contribution in [0.2, 0.25) is 0 Å². The number of carbonyl (C=O) groups is 1. The van der Waals surface area contributed by atoms with Gasteiger partial charge in [-0.2, -0.15) is 11.8 Å². The molecule has 0 saturated carbocycles. The Hall–Kier alpha value is -1.00. The molecule has 1 saturated heterocycles. The molecule has 0 amide bonds. The van der Waals surface area contributed by atoms with Crippen LogP contribution in [0.15, 0.2) is 30.3 Å². The van der Waals surface area contributed by atoms with Gasteiger partial charge >= 0.3 is 5.97 Å². The second-order valence-electron chi connectivity index (χ2n) is 6.75. The summed E-state index contributed by atoms with van der Waals surface area (Å²) in [5, 5.41) is 0. The van der Waals surface area contributed by atoms with Gasteiger partial charge in [0.05, 0.1) is 18.6 Å². The van der Waals surface area contributed by atoms with Crippen LogP contribution in [0.1, 0.15) is 45.6 Å².